The molecule has 3 aromatic rings. The molecule has 0 spiro atoms. The highest BCUT2D eigenvalue weighted by Gasteiger charge is 2.31. The van der Waals surface area contributed by atoms with Crippen molar-refractivity contribution < 1.29 is 14.3 Å². The first-order chi connectivity index (χ1) is 17.6. The number of carbonyl (C=O) groups excluding carboxylic acids is 2. The molecule has 3 rings (SSSR count). The van der Waals surface area contributed by atoms with Crippen molar-refractivity contribution in [1.82, 2.24) is 10.2 Å². The SMILES string of the molecule is Cc1ccc(OCC(=O)N(Cc2ccc(Cl)c(Cl)c2)C(Cc2ccccc2)C(=O)NCC(C)C)c(C)c1. The summed E-state index contributed by atoms with van der Waals surface area (Å²) in [6.07, 6.45) is 0.362. The third-order valence-corrected chi connectivity index (χ3v) is 6.71. The van der Waals surface area contributed by atoms with Crippen LogP contribution in [0, 0.1) is 19.8 Å². The lowest BCUT2D eigenvalue weighted by Crippen LogP contribution is -2.52. The van der Waals surface area contributed by atoms with Crippen LogP contribution in [0.1, 0.15) is 36.1 Å². The van der Waals surface area contributed by atoms with Gasteiger partial charge in [-0.15, -0.1) is 0 Å². The number of hydrogen-bond donors (Lipinski definition) is 1. The van der Waals surface area contributed by atoms with Gasteiger partial charge in [-0.2, -0.15) is 0 Å². The van der Waals surface area contributed by atoms with Crippen molar-refractivity contribution >= 4 is 35.0 Å². The van der Waals surface area contributed by atoms with Crippen LogP contribution in [0.25, 0.3) is 0 Å². The number of carbonyl (C=O) groups is 2. The molecule has 0 aliphatic heterocycles. The van der Waals surface area contributed by atoms with Gasteiger partial charge in [-0.1, -0.05) is 91.1 Å². The molecular weight excluding hydrogens is 507 g/mol. The van der Waals surface area contributed by atoms with E-state index >= 15 is 0 Å². The van der Waals surface area contributed by atoms with Gasteiger partial charge in [0.15, 0.2) is 6.61 Å². The van der Waals surface area contributed by atoms with Crippen molar-refractivity contribution in [1.29, 1.82) is 0 Å². The van der Waals surface area contributed by atoms with E-state index in [1.54, 1.807) is 17.0 Å². The molecule has 3 aromatic carbocycles. The van der Waals surface area contributed by atoms with E-state index < -0.39 is 6.04 Å². The Morgan fingerprint density at radius 2 is 1.65 bits per heavy atom. The van der Waals surface area contributed by atoms with Gasteiger partial charge in [0, 0.05) is 19.5 Å². The van der Waals surface area contributed by atoms with Crippen molar-refractivity contribution in [3.63, 3.8) is 0 Å². The molecule has 0 bridgehead atoms. The highest BCUT2D eigenvalue weighted by atomic mass is 35.5. The van der Waals surface area contributed by atoms with Crippen LogP contribution in [0.5, 0.6) is 5.75 Å². The van der Waals surface area contributed by atoms with Gasteiger partial charge in [0.2, 0.25) is 5.91 Å². The standard InChI is InChI=1S/C30H34Cl2N2O3/c1-20(2)17-33-30(36)27(16-23-8-6-5-7-9-23)34(18-24-11-12-25(31)26(32)15-24)29(35)19-37-28-13-10-21(3)14-22(28)4/h5-15,20,27H,16-19H2,1-4H3,(H,33,36). The number of nitrogens with zero attached hydrogens (tertiary/aromatic N) is 1. The molecule has 1 atom stereocenters. The Hall–Kier alpha value is -3.02. The fraction of sp³-hybridized carbons (Fsp3) is 0.333. The normalized spacial score (nSPS) is 11.8. The lowest BCUT2D eigenvalue weighted by Gasteiger charge is -2.32. The van der Waals surface area contributed by atoms with Crippen molar-refractivity contribution in [2.24, 2.45) is 5.92 Å². The van der Waals surface area contributed by atoms with Crippen LogP contribution in [0.4, 0.5) is 0 Å². The van der Waals surface area contributed by atoms with Crippen LogP contribution in [0.3, 0.4) is 0 Å². The molecular formula is C30H34Cl2N2O3. The molecule has 1 N–H and O–H groups in total. The van der Waals surface area contributed by atoms with Gasteiger partial charge in [-0.3, -0.25) is 9.59 Å². The second kappa shape index (κ2) is 13.5. The summed E-state index contributed by atoms with van der Waals surface area (Å²) in [6.45, 7) is 8.50. The van der Waals surface area contributed by atoms with E-state index in [1.165, 1.54) is 0 Å². The third-order valence-electron chi connectivity index (χ3n) is 5.97. The predicted octanol–water partition coefficient (Wildman–Crippen LogP) is 6.40. The third kappa shape index (κ3) is 8.51. The molecule has 0 radical (unpaired) electrons. The fourth-order valence-corrected chi connectivity index (χ4v) is 4.32. The molecule has 5 nitrogen and oxygen atoms in total. The lowest BCUT2D eigenvalue weighted by atomic mass is 10.0. The highest BCUT2D eigenvalue weighted by molar-refractivity contribution is 6.42. The fourth-order valence-electron chi connectivity index (χ4n) is 3.99. The van der Waals surface area contributed by atoms with Gasteiger partial charge in [0.05, 0.1) is 10.0 Å². The summed E-state index contributed by atoms with van der Waals surface area (Å²) in [5.41, 5.74) is 3.78. The van der Waals surface area contributed by atoms with E-state index in [-0.39, 0.29) is 30.9 Å². The maximum absolute atomic E-state index is 13.7. The highest BCUT2D eigenvalue weighted by Crippen LogP contribution is 2.25. The zero-order valence-corrected chi connectivity index (χ0v) is 23.3. The molecule has 2 amide bonds. The Morgan fingerprint density at radius 1 is 0.919 bits per heavy atom. The van der Waals surface area contributed by atoms with Gasteiger partial charge >= 0.3 is 0 Å². The minimum atomic E-state index is -0.745. The Bertz CT molecular complexity index is 1210. The second-order valence-corrected chi connectivity index (χ2v) is 10.5. The first kappa shape index (κ1) is 28.5. The summed E-state index contributed by atoms with van der Waals surface area (Å²) in [4.78, 5) is 28.7. The van der Waals surface area contributed by atoms with Crippen molar-refractivity contribution in [2.45, 2.75) is 46.7 Å². The van der Waals surface area contributed by atoms with E-state index in [0.29, 0.717) is 28.8 Å². The Kier molecular flexibility index (Phi) is 10.4. The summed E-state index contributed by atoms with van der Waals surface area (Å²) in [6, 6.07) is 20.0. The monoisotopic (exact) mass is 540 g/mol. The van der Waals surface area contributed by atoms with E-state index in [2.05, 4.69) is 5.32 Å². The number of ether oxygens (including phenoxy) is 1. The number of benzene rings is 3. The Labute approximate surface area is 229 Å². The molecule has 0 heterocycles. The van der Waals surface area contributed by atoms with Gasteiger partial charge in [0.25, 0.3) is 5.91 Å². The van der Waals surface area contributed by atoms with Crippen LogP contribution in [-0.4, -0.2) is 35.9 Å². The Morgan fingerprint density at radius 3 is 2.30 bits per heavy atom. The molecule has 7 heteroatoms. The zero-order valence-electron chi connectivity index (χ0n) is 21.8. The minimum absolute atomic E-state index is 0.179. The molecule has 0 saturated carbocycles. The quantitative estimate of drug-likeness (QED) is 0.306. The largest absolute Gasteiger partial charge is 0.483 e. The summed E-state index contributed by atoms with van der Waals surface area (Å²) >= 11 is 12.4. The molecule has 37 heavy (non-hydrogen) atoms. The lowest BCUT2D eigenvalue weighted by molar-refractivity contribution is -0.142. The average molecular weight is 542 g/mol. The molecule has 0 aliphatic carbocycles. The predicted molar refractivity (Wildman–Crippen MR) is 150 cm³/mol. The van der Waals surface area contributed by atoms with Crippen LogP contribution < -0.4 is 10.1 Å². The zero-order chi connectivity index (χ0) is 26.9. The number of hydrogen-bond acceptors (Lipinski definition) is 3. The van der Waals surface area contributed by atoms with Crippen molar-refractivity contribution in [3.8, 4) is 5.75 Å². The topological polar surface area (TPSA) is 58.6 Å². The average Bonchev–Trinajstić information content (AvgIpc) is 2.86. The first-order valence-corrected chi connectivity index (χ1v) is 13.1. The van der Waals surface area contributed by atoms with Gasteiger partial charge < -0.3 is 15.0 Å². The maximum Gasteiger partial charge on any atom is 0.261 e. The summed E-state index contributed by atoms with van der Waals surface area (Å²) in [5, 5.41) is 3.83. The molecule has 0 aliphatic rings. The van der Waals surface area contributed by atoms with Crippen LogP contribution in [0.2, 0.25) is 10.0 Å². The molecule has 0 saturated heterocycles. The number of amides is 2. The number of nitrogens with one attached hydrogen (secondary N) is 1. The van der Waals surface area contributed by atoms with E-state index in [1.807, 2.05) is 82.3 Å². The van der Waals surface area contributed by atoms with Crippen molar-refractivity contribution in [3.05, 3.63) is 99.0 Å². The van der Waals surface area contributed by atoms with E-state index in [4.69, 9.17) is 27.9 Å². The Balaban J connectivity index is 1.93. The van der Waals surface area contributed by atoms with E-state index in [0.717, 1.165) is 22.3 Å². The second-order valence-electron chi connectivity index (χ2n) is 9.67. The molecule has 1 unspecified atom stereocenters. The molecule has 196 valence electrons. The minimum Gasteiger partial charge on any atom is -0.483 e. The number of halogens is 2. The molecule has 0 aromatic heterocycles. The maximum atomic E-state index is 13.7. The van der Waals surface area contributed by atoms with Gasteiger partial charge in [0.1, 0.15) is 11.8 Å². The van der Waals surface area contributed by atoms with Crippen LogP contribution in [0.15, 0.2) is 66.7 Å². The summed E-state index contributed by atoms with van der Waals surface area (Å²) < 4.78 is 5.92. The van der Waals surface area contributed by atoms with E-state index in [9.17, 15) is 9.59 Å². The number of aryl methyl sites for hydroxylation is 2. The number of rotatable bonds is 11. The van der Waals surface area contributed by atoms with Crippen LogP contribution >= 0.6 is 23.2 Å². The van der Waals surface area contributed by atoms with Crippen molar-refractivity contribution in [2.75, 3.05) is 13.2 Å². The summed E-state index contributed by atoms with van der Waals surface area (Å²) in [5.74, 6) is 0.398. The van der Waals surface area contributed by atoms with Gasteiger partial charge in [-0.25, -0.2) is 0 Å². The van der Waals surface area contributed by atoms with Crippen LogP contribution in [-0.2, 0) is 22.6 Å². The summed E-state index contributed by atoms with van der Waals surface area (Å²) in [7, 11) is 0. The van der Waals surface area contributed by atoms with Gasteiger partial charge in [-0.05, 0) is 54.7 Å². The first-order valence-electron chi connectivity index (χ1n) is 12.4. The molecule has 0 fully saturated rings. The smallest absolute Gasteiger partial charge is 0.261 e.